The summed E-state index contributed by atoms with van der Waals surface area (Å²) in [5, 5.41) is 2.30. The largest absolute Gasteiger partial charge is 0.454 e. The lowest BCUT2D eigenvalue weighted by molar-refractivity contribution is 0.661. The third kappa shape index (κ3) is 2.48. The maximum Gasteiger partial charge on any atom is 0.148 e. The van der Waals surface area contributed by atoms with Crippen molar-refractivity contribution >= 4 is 32.0 Å². The van der Waals surface area contributed by atoms with Gasteiger partial charge in [0.2, 0.25) is 0 Å². The summed E-state index contributed by atoms with van der Waals surface area (Å²) in [6, 6.07) is 36.7. The van der Waals surface area contributed by atoms with Crippen molar-refractivity contribution in [1.82, 2.24) is 4.98 Å². The molecule has 0 aliphatic carbocycles. The molecular formula is C30H21NOS. The summed E-state index contributed by atoms with van der Waals surface area (Å²) in [7, 11) is -1.46. The molecule has 2 aromatic heterocycles. The van der Waals surface area contributed by atoms with Gasteiger partial charge in [-0.2, -0.15) is 10.0 Å². The maximum atomic E-state index is 6.76. The average Bonchev–Trinajstić information content (AvgIpc) is 3.39. The molecule has 0 radical (unpaired) electrons. The molecule has 0 saturated heterocycles. The second kappa shape index (κ2) is 6.84. The zero-order valence-electron chi connectivity index (χ0n) is 18.2. The molecular weight excluding hydrogens is 422 g/mol. The van der Waals surface area contributed by atoms with E-state index in [0.29, 0.717) is 0 Å². The number of nitrogens with zero attached hydrogens (tertiary/aromatic N) is 1. The van der Waals surface area contributed by atoms with Gasteiger partial charge < -0.3 is 4.42 Å². The number of hydrogen-bond acceptors (Lipinski definition) is 2. The highest BCUT2D eigenvalue weighted by Crippen LogP contribution is 2.74. The van der Waals surface area contributed by atoms with Crippen LogP contribution in [0, 0.1) is 0 Å². The minimum absolute atomic E-state index is 0.904. The average molecular weight is 444 g/mol. The number of aromatic nitrogens is 1. The quantitative estimate of drug-likeness (QED) is 0.268. The minimum Gasteiger partial charge on any atom is -0.454 e. The number of benzene rings is 4. The lowest BCUT2D eigenvalue weighted by atomic mass is 10.1. The molecule has 0 amide bonds. The Hall–Kier alpha value is -3.82. The Balaban J connectivity index is 1.57. The summed E-state index contributed by atoms with van der Waals surface area (Å²) in [6.45, 7) is 0. The molecule has 3 heterocycles. The first-order valence-corrected chi connectivity index (χ1v) is 13.1. The van der Waals surface area contributed by atoms with Crippen LogP contribution in [0.4, 0.5) is 0 Å². The molecule has 0 spiro atoms. The van der Waals surface area contributed by atoms with E-state index < -0.39 is 10.0 Å². The monoisotopic (exact) mass is 443 g/mol. The van der Waals surface area contributed by atoms with Crippen LogP contribution in [0.15, 0.2) is 128 Å². The molecule has 0 N–H and O–H groups in total. The van der Waals surface area contributed by atoms with Crippen LogP contribution in [0.2, 0.25) is 0 Å². The first kappa shape index (κ1) is 18.7. The molecule has 0 bridgehead atoms. The van der Waals surface area contributed by atoms with E-state index in [4.69, 9.17) is 4.42 Å². The third-order valence-corrected chi connectivity index (χ3v) is 10.5. The fourth-order valence-electron chi connectivity index (χ4n) is 5.29. The Labute approximate surface area is 193 Å². The topological polar surface area (TPSA) is 26.0 Å². The predicted octanol–water partition coefficient (Wildman–Crippen LogP) is 8.54. The summed E-state index contributed by atoms with van der Waals surface area (Å²) in [4.78, 5) is 8.68. The molecule has 0 atom stereocenters. The zero-order valence-corrected chi connectivity index (χ0v) is 19.0. The van der Waals surface area contributed by atoms with Crippen LogP contribution in [-0.4, -0.2) is 11.2 Å². The van der Waals surface area contributed by atoms with Gasteiger partial charge in [0.05, 0.1) is 5.69 Å². The number of pyridine rings is 1. The van der Waals surface area contributed by atoms with Crippen molar-refractivity contribution in [2.75, 3.05) is 6.26 Å². The van der Waals surface area contributed by atoms with E-state index in [0.717, 1.165) is 33.2 Å². The number of furan rings is 1. The SMILES string of the molecule is CS1(c2cccc3c2oc2c(-c4ccccn4)cccc23)c2ccccc2-c2ccccc21. The van der Waals surface area contributed by atoms with Gasteiger partial charge in [0.1, 0.15) is 11.2 Å². The Morgan fingerprint density at radius 3 is 1.82 bits per heavy atom. The van der Waals surface area contributed by atoms with E-state index in [1.807, 2.05) is 24.4 Å². The number of para-hydroxylation sites is 2. The zero-order chi connectivity index (χ0) is 22.0. The molecule has 0 unspecified atom stereocenters. The molecule has 2 nitrogen and oxygen atoms in total. The fourth-order valence-corrected chi connectivity index (χ4v) is 8.81. The fraction of sp³-hybridized carbons (Fsp3) is 0.0333. The van der Waals surface area contributed by atoms with Gasteiger partial charge in [0.25, 0.3) is 0 Å². The van der Waals surface area contributed by atoms with Gasteiger partial charge in [-0.1, -0.05) is 66.7 Å². The second-order valence-electron chi connectivity index (χ2n) is 8.54. The van der Waals surface area contributed by atoms with Gasteiger partial charge in [-0.05, 0) is 53.8 Å². The predicted molar refractivity (Wildman–Crippen MR) is 137 cm³/mol. The van der Waals surface area contributed by atoms with Crippen molar-refractivity contribution in [3.63, 3.8) is 0 Å². The van der Waals surface area contributed by atoms with Crippen LogP contribution >= 0.6 is 10.0 Å². The van der Waals surface area contributed by atoms with Crippen LogP contribution in [0.3, 0.4) is 0 Å². The minimum atomic E-state index is -1.46. The first-order chi connectivity index (χ1) is 16.3. The molecule has 0 fully saturated rings. The summed E-state index contributed by atoms with van der Waals surface area (Å²) in [5.74, 6) is 0. The van der Waals surface area contributed by atoms with Crippen molar-refractivity contribution in [1.29, 1.82) is 0 Å². The Bertz CT molecular complexity index is 1640. The number of hydrogen-bond donors (Lipinski definition) is 0. The highest BCUT2D eigenvalue weighted by molar-refractivity contribution is 8.33. The van der Waals surface area contributed by atoms with E-state index in [1.165, 1.54) is 25.8 Å². The van der Waals surface area contributed by atoms with Crippen LogP contribution in [0.1, 0.15) is 0 Å². The highest BCUT2D eigenvalue weighted by atomic mass is 32.3. The lowest BCUT2D eigenvalue weighted by Gasteiger charge is -2.34. The van der Waals surface area contributed by atoms with Gasteiger partial charge in [-0.3, -0.25) is 4.98 Å². The Morgan fingerprint density at radius 2 is 1.12 bits per heavy atom. The summed E-state index contributed by atoms with van der Waals surface area (Å²) < 4.78 is 6.76. The van der Waals surface area contributed by atoms with Crippen molar-refractivity contribution in [2.45, 2.75) is 14.7 Å². The van der Waals surface area contributed by atoms with E-state index >= 15 is 0 Å². The third-order valence-electron chi connectivity index (χ3n) is 6.81. The van der Waals surface area contributed by atoms with Gasteiger partial charge in [0, 0.05) is 37.2 Å². The molecule has 1 aliphatic heterocycles. The van der Waals surface area contributed by atoms with E-state index in [2.05, 4.69) is 96.2 Å². The molecule has 0 saturated carbocycles. The van der Waals surface area contributed by atoms with Crippen molar-refractivity contribution in [3.05, 3.63) is 109 Å². The van der Waals surface area contributed by atoms with Crippen molar-refractivity contribution in [3.8, 4) is 22.4 Å². The standard InChI is InChI=1S/C30H21NOS/c1-33(26-16-4-2-10-20(26)21-11-3-5-17-27(21)33)28-18-9-13-23-22-12-8-14-24(29(22)32-30(23)28)25-15-6-7-19-31-25/h2-19H,1H3. The lowest BCUT2D eigenvalue weighted by Crippen LogP contribution is -1.98. The Kier molecular flexibility index (Phi) is 3.88. The summed E-state index contributed by atoms with van der Waals surface area (Å²) >= 11 is 0. The summed E-state index contributed by atoms with van der Waals surface area (Å²) in [5.41, 5.74) is 6.53. The van der Waals surface area contributed by atoms with Crippen LogP contribution < -0.4 is 0 Å². The van der Waals surface area contributed by atoms with Gasteiger partial charge >= 0.3 is 0 Å². The molecule has 6 aromatic rings. The van der Waals surface area contributed by atoms with E-state index in [9.17, 15) is 0 Å². The molecule has 4 aromatic carbocycles. The van der Waals surface area contributed by atoms with Crippen molar-refractivity contribution in [2.24, 2.45) is 0 Å². The van der Waals surface area contributed by atoms with Gasteiger partial charge in [-0.15, -0.1) is 0 Å². The van der Waals surface area contributed by atoms with Gasteiger partial charge in [-0.25, -0.2) is 0 Å². The highest BCUT2D eigenvalue weighted by Gasteiger charge is 2.38. The normalized spacial score (nSPS) is 14.8. The van der Waals surface area contributed by atoms with Gasteiger partial charge in [0.15, 0.2) is 0 Å². The molecule has 3 heteroatoms. The summed E-state index contributed by atoms with van der Waals surface area (Å²) in [6.07, 6.45) is 4.25. The van der Waals surface area contributed by atoms with Crippen LogP contribution in [-0.2, 0) is 0 Å². The molecule has 1 aliphatic rings. The van der Waals surface area contributed by atoms with Crippen LogP contribution in [0.25, 0.3) is 44.3 Å². The Morgan fingerprint density at radius 1 is 0.545 bits per heavy atom. The molecule has 7 rings (SSSR count). The molecule has 158 valence electrons. The molecule has 33 heavy (non-hydrogen) atoms. The smallest absolute Gasteiger partial charge is 0.148 e. The van der Waals surface area contributed by atoms with Crippen LogP contribution in [0.5, 0.6) is 0 Å². The number of fused-ring (bicyclic) bond motifs is 6. The van der Waals surface area contributed by atoms with E-state index in [1.54, 1.807) is 0 Å². The van der Waals surface area contributed by atoms with E-state index in [-0.39, 0.29) is 0 Å². The number of rotatable bonds is 2. The first-order valence-electron chi connectivity index (χ1n) is 11.1. The second-order valence-corrected chi connectivity index (χ2v) is 11.7. The maximum absolute atomic E-state index is 6.76. The van der Waals surface area contributed by atoms with Crippen molar-refractivity contribution < 1.29 is 4.42 Å².